The Kier molecular flexibility index (Phi) is 11.8. The van der Waals surface area contributed by atoms with Gasteiger partial charge in [-0.2, -0.15) is 29.4 Å². The average Bonchev–Trinajstić information content (AvgIpc) is 2.85. The Morgan fingerprint density at radius 2 is 1.06 bits per heavy atom. The molecule has 0 radical (unpaired) electrons. The second-order valence-corrected chi connectivity index (χ2v) is 7.04. The maximum atomic E-state index is 11.4. The topological polar surface area (TPSA) is 160 Å². The Hall–Kier alpha value is -3.94. The highest BCUT2D eigenvalue weighted by atomic mass is 35.5. The van der Waals surface area contributed by atoms with Gasteiger partial charge in [0.1, 0.15) is 0 Å². The number of carbonyl (C=O) groups excluding carboxylic acids is 4. The maximum absolute atomic E-state index is 11.4. The predicted octanol–water partition coefficient (Wildman–Crippen LogP) is 3.11. The number of hydrogen-bond donors (Lipinski definition) is 2. The number of nitrogens with zero attached hydrogens (tertiary/aromatic N) is 2. The van der Waals surface area contributed by atoms with Gasteiger partial charge in [-0.25, -0.2) is 10.2 Å². The van der Waals surface area contributed by atoms with Crippen LogP contribution in [0.1, 0.15) is 25.0 Å². The van der Waals surface area contributed by atoms with Crippen LogP contribution in [-0.2, 0) is 32.0 Å². The van der Waals surface area contributed by atoms with Gasteiger partial charge in [0.25, 0.3) is 11.1 Å². The molecule has 10 nitrogen and oxygen atoms in total. The Morgan fingerprint density at radius 3 is 1.53 bits per heavy atom. The van der Waals surface area contributed by atoms with Gasteiger partial charge in [-0.3, -0.25) is 9.59 Å². The number of halogens is 2. The highest BCUT2D eigenvalue weighted by molar-refractivity contribution is 6.34. The third-order valence-electron chi connectivity index (χ3n) is 4.43. The number of rotatable bonds is 2. The van der Waals surface area contributed by atoms with Crippen LogP contribution in [0.4, 0.5) is 0 Å². The van der Waals surface area contributed by atoms with Crippen molar-refractivity contribution in [3.8, 4) is 0 Å². The standard InChI is InChI=1S/2C10H9ClN2O.2CO2/c1-2-6-3-4-7-8(5-6)9(11)12-13-10(7)14;1-2-6-3-4-7-8(5-6)10(14)13-12-9(7)11;2*2-1-3/h2*3-5H,2H2,1H3,(H,13,14);;. The van der Waals surface area contributed by atoms with Crippen molar-refractivity contribution in [3.63, 3.8) is 0 Å². The summed E-state index contributed by atoms with van der Waals surface area (Å²) < 4.78 is 0. The largest absolute Gasteiger partial charge is 0.373 e. The normalized spacial score (nSPS) is 9.29. The van der Waals surface area contributed by atoms with Gasteiger partial charge in [0.2, 0.25) is 0 Å². The highest BCUT2D eigenvalue weighted by Gasteiger charge is 2.05. The second-order valence-electron chi connectivity index (χ2n) is 6.32. The van der Waals surface area contributed by atoms with Crippen LogP contribution in [0.25, 0.3) is 21.5 Å². The van der Waals surface area contributed by atoms with E-state index in [2.05, 4.69) is 27.3 Å². The molecule has 0 aliphatic carbocycles. The van der Waals surface area contributed by atoms with Crippen molar-refractivity contribution in [3.05, 3.63) is 78.5 Å². The van der Waals surface area contributed by atoms with E-state index in [1.54, 1.807) is 6.07 Å². The molecule has 0 spiro atoms. The lowest BCUT2D eigenvalue weighted by Gasteiger charge is -2.00. The van der Waals surface area contributed by atoms with Gasteiger partial charge in [0.05, 0.1) is 10.8 Å². The van der Waals surface area contributed by atoms with E-state index >= 15 is 0 Å². The van der Waals surface area contributed by atoms with E-state index in [-0.39, 0.29) is 23.4 Å². The van der Waals surface area contributed by atoms with Crippen molar-refractivity contribution >= 4 is 57.0 Å². The first-order chi connectivity index (χ1) is 16.3. The molecule has 0 fully saturated rings. The molecule has 4 aromatic rings. The number of aryl methyl sites for hydroxylation is 2. The summed E-state index contributed by atoms with van der Waals surface area (Å²) in [5.41, 5.74) is 1.86. The monoisotopic (exact) mass is 504 g/mol. The molecule has 0 aliphatic rings. The zero-order valence-electron chi connectivity index (χ0n) is 18.0. The average molecular weight is 505 g/mol. The van der Waals surface area contributed by atoms with Crippen LogP contribution in [0.5, 0.6) is 0 Å². The summed E-state index contributed by atoms with van der Waals surface area (Å²) in [4.78, 5) is 55.3. The van der Waals surface area contributed by atoms with Gasteiger partial charge in [-0.15, -0.1) is 0 Å². The summed E-state index contributed by atoms with van der Waals surface area (Å²) in [6, 6.07) is 11.2. The zero-order valence-corrected chi connectivity index (χ0v) is 19.5. The Bertz CT molecular complexity index is 1440. The van der Waals surface area contributed by atoms with Crippen LogP contribution in [-0.4, -0.2) is 32.7 Å². The zero-order chi connectivity index (χ0) is 25.7. The number of H-pyrrole nitrogens is 2. The first-order valence-electron chi connectivity index (χ1n) is 9.59. The van der Waals surface area contributed by atoms with Crippen molar-refractivity contribution in [2.45, 2.75) is 26.7 Å². The van der Waals surface area contributed by atoms with E-state index in [9.17, 15) is 9.59 Å². The fraction of sp³-hybridized carbons (Fsp3) is 0.182. The molecule has 0 atom stereocenters. The van der Waals surface area contributed by atoms with Crippen LogP contribution >= 0.6 is 23.2 Å². The summed E-state index contributed by atoms with van der Waals surface area (Å²) in [6.07, 6.45) is 2.31. The maximum Gasteiger partial charge on any atom is 0.373 e. The molecule has 2 heterocycles. The molecular weight excluding hydrogens is 487 g/mol. The van der Waals surface area contributed by atoms with E-state index < -0.39 is 0 Å². The first-order valence-corrected chi connectivity index (χ1v) is 10.4. The van der Waals surface area contributed by atoms with Crippen molar-refractivity contribution in [2.75, 3.05) is 0 Å². The lowest BCUT2D eigenvalue weighted by atomic mass is 10.1. The molecule has 2 N–H and O–H groups in total. The van der Waals surface area contributed by atoms with Gasteiger partial charge in [-0.05, 0) is 42.2 Å². The van der Waals surface area contributed by atoms with E-state index in [1.807, 2.05) is 37.3 Å². The van der Waals surface area contributed by atoms with Gasteiger partial charge in [0, 0.05) is 10.8 Å². The van der Waals surface area contributed by atoms with Crippen molar-refractivity contribution < 1.29 is 19.2 Å². The minimum atomic E-state index is -0.202. The SMILES string of the molecule is CCc1ccc2c(=O)[nH]nc(Cl)c2c1.CCc1ccc2c(Cl)n[nH]c(=O)c2c1.O=C=O.O=C=O. The summed E-state index contributed by atoms with van der Waals surface area (Å²) in [6.45, 7) is 4.09. The van der Waals surface area contributed by atoms with Crippen molar-refractivity contribution in [1.82, 2.24) is 20.4 Å². The van der Waals surface area contributed by atoms with Crippen molar-refractivity contribution in [2.24, 2.45) is 0 Å². The Morgan fingerprint density at radius 1 is 0.676 bits per heavy atom. The van der Waals surface area contributed by atoms with Crippen LogP contribution in [0, 0.1) is 0 Å². The predicted molar refractivity (Wildman–Crippen MR) is 124 cm³/mol. The van der Waals surface area contributed by atoms with Gasteiger partial charge in [0.15, 0.2) is 10.3 Å². The number of fused-ring (bicyclic) bond motifs is 2. The molecule has 34 heavy (non-hydrogen) atoms. The molecule has 0 amide bonds. The summed E-state index contributed by atoms with van der Waals surface area (Å²) >= 11 is 11.7. The molecule has 0 saturated carbocycles. The minimum absolute atomic E-state index is 0.195. The van der Waals surface area contributed by atoms with Gasteiger partial charge >= 0.3 is 12.3 Å². The molecule has 0 aliphatic heterocycles. The third kappa shape index (κ3) is 7.58. The quantitative estimate of drug-likeness (QED) is 0.420. The van der Waals surface area contributed by atoms with Crippen LogP contribution in [0.2, 0.25) is 10.3 Å². The Labute approximate surface area is 201 Å². The minimum Gasteiger partial charge on any atom is -0.267 e. The third-order valence-corrected chi connectivity index (χ3v) is 5.01. The van der Waals surface area contributed by atoms with Gasteiger partial charge in [-0.1, -0.05) is 55.2 Å². The summed E-state index contributed by atoms with van der Waals surface area (Å²) in [5.74, 6) is 0. The number of aromatic nitrogens is 4. The smallest absolute Gasteiger partial charge is 0.267 e. The molecule has 0 unspecified atom stereocenters. The summed E-state index contributed by atoms with van der Waals surface area (Å²) in [7, 11) is 0. The molecule has 0 saturated heterocycles. The van der Waals surface area contributed by atoms with Crippen LogP contribution in [0.3, 0.4) is 0 Å². The Balaban J connectivity index is 0.000000277. The molecule has 2 aromatic heterocycles. The number of nitrogens with one attached hydrogen (secondary N) is 2. The number of aromatic amines is 2. The highest BCUT2D eigenvalue weighted by Crippen LogP contribution is 2.19. The van der Waals surface area contributed by atoms with Gasteiger partial charge < -0.3 is 0 Å². The lowest BCUT2D eigenvalue weighted by Crippen LogP contribution is -2.08. The molecule has 4 rings (SSSR count). The lowest BCUT2D eigenvalue weighted by molar-refractivity contribution is -0.193. The van der Waals surface area contributed by atoms with E-state index in [4.69, 9.17) is 42.4 Å². The first kappa shape index (κ1) is 28.1. The number of hydrogen-bond acceptors (Lipinski definition) is 8. The number of benzene rings is 2. The molecule has 176 valence electrons. The second kappa shape index (κ2) is 14.3. The summed E-state index contributed by atoms with van der Waals surface area (Å²) in [5, 5.41) is 15.4. The van der Waals surface area contributed by atoms with Crippen LogP contribution in [0.15, 0.2) is 46.0 Å². The van der Waals surface area contributed by atoms with Crippen molar-refractivity contribution in [1.29, 1.82) is 0 Å². The van der Waals surface area contributed by atoms with E-state index in [1.165, 1.54) is 0 Å². The van der Waals surface area contributed by atoms with E-state index in [0.29, 0.717) is 26.5 Å². The van der Waals surface area contributed by atoms with Crippen LogP contribution < -0.4 is 11.1 Å². The fourth-order valence-electron chi connectivity index (χ4n) is 2.80. The molecule has 12 heteroatoms. The molecule has 0 bridgehead atoms. The molecular formula is C22H18Cl2N4O6. The molecule has 2 aromatic carbocycles. The fourth-order valence-corrected chi connectivity index (χ4v) is 3.21. The van der Waals surface area contributed by atoms with E-state index in [0.717, 1.165) is 29.4 Å².